The number of hydrogen-bond acceptors (Lipinski definition) is 3. The minimum atomic E-state index is -0.497. The Kier molecular flexibility index (Phi) is 5.49. The first-order chi connectivity index (χ1) is 12.6. The van der Waals surface area contributed by atoms with Gasteiger partial charge in [0.25, 0.3) is 5.91 Å². The molecule has 0 spiro atoms. The first-order valence-electron chi connectivity index (χ1n) is 7.94. The summed E-state index contributed by atoms with van der Waals surface area (Å²) in [6, 6.07) is 23.2. The van der Waals surface area contributed by atoms with Crippen LogP contribution in [0.25, 0.3) is 0 Å². The number of carbonyl (C=O) groups excluding carboxylic acids is 2. The van der Waals surface area contributed by atoms with Gasteiger partial charge in [0.1, 0.15) is 0 Å². The molecule has 0 N–H and O–H groups in total. The summed E-state index contributed by atoms with van der Waals surface area (Å²) >= 11 is 3.40. The molecule has 0 aliphatic carbocycles. The highest BCUT2D eigenvalue weighted by atomic mass is 79.9. The Bertz CT molecular complexity index is 924. The highest BCUT2D eigenvalue weighted by Gasteiger charge is 2.24. The Balaban J connectivity index is 2.18. The number of rotatable bonds is 4. The molecule has 3 aromatic carbocycles. The molecule has 0 radical (unpaired) electrons. The zero-order valence-corrected chi connectivity index (χ0v) is 15.6. The Labute approximate surface area is 160 Å². The van der Waals surface area contributed by atoms with Gasteiger partial charge in [-0.15, -0.1) is 0 Å². The van der Waals surface area contributed by atoms with Crippen LogP contribution in [0.15, 0.2) is 83.3 Å². The van der Waals surface area contributed by atoms with Crippen LogP contribution < -0.4 is 4.90 Å². The number of hydrogen-bond donors (Lipinski definition) is 0. The number of esters is 1. The lowest BCUT2D eigenvalue weighted by atomic mass is 10.1. The number of para-hydroxylation sites is 1. The fourth-order valence-corrected chi connectivity index (χ4v) is 2.88. The molecule has 0 unspecified atom stereocenters. The van der Waals surface area contributed by atoms with E-state index in [0.29, 0.717) is 22.5 Å². The van der Waals surface area contributed by atoms with Crippen molar-refractivity contribution in [3.05, 3.63) is 94.5 Å². The molecule has 5 heteroatoms. The van der Waals surface area contributed by atoms with Gasteiger partial charge in [-0.05, 0) is 48.5 Å². The summed E-state index contributed by atoms with van der Waals surface area (Å²) in [5, 5.41) is 0. The van der Waals surface area contributed by atoms with Crippen molar-refractivity contribution in [3.8, 4) is 0 Å². The van der Waals surface area contributed by atoms with Gasteiger partial charge in [0.15, 0.2) is 0 Å². The van der Waals surface area contributed by atoms with Crippen molar-refractivity contribution in [2.45, 2.75) is 0 Å². The molecule has 0 atom stereocenters. The summed E-state index contributed by atoms with van der Waals surface area (Å²) in [4.78, 5) is 27.0. The van der Waals surface area contributed by atoms with E-state index in [-0.39, 0.29) is 5.91 Å². The highest BCUT2D eigenvalue weighted by molar-refractivity contribution is 9.10. The number of amides is 1. The van der Waals surface area contributed by atoms with Crippen LogP contribution in [0.4, 0.5) is 11.4 Å². The largest absolute Gasteiger partial charge is 0.465 e. The molecule has 26 heavy (non-hydrogen) atoms. The third-order valence-electron chi connectivity index (χ3n) is 3.86. The second-order valence-electron chi connectivity index (χ2n) is 5.49. The van der Waals surface area contributed by atoms with E-state index in [1.807, 2.05) is 30.3 Å². The quantitative estimate of drug-likeness (QED) is 0.555. The van der Waals surface area contributed by atoms with Gasteiger partial charge in [-0.3, -0.25) is 9.69 Å². The first-order valence-corrected chi connectivity index (χ1v) is 8.73. The van der Waals surface area contributed by atoms with Crippen molar-refractivity contribution in [1.29, 1.82) is 0 Å². The number of anilines is 2. The summed E-state index contributed by atoms with van der Waals surface area (Å²) in [6.45, 7) is 0. The van der Waals surface area contributed by atoms with Crippen molar-refractivity contribution in [2.75, 3.05) is 12.0 Å². The van der Waals surface area contributed by atoms with Gasteiger partial charge in [-0.2, -0.15) is 0 Å². The van der Waals surface area contributed by atoms with Gasteiger partial charge >= 0.3 is 5.97 Å². The van der Waals surface area contributed by atoms with Crippen molar-refractivity contribution < 1.29 is 14.3 Å². The lowest BCUT2D eigenvalue weighted by molar-refractivity contribution is 0.0601. The van der Waals surface area contributed by atoms with Crippen LogP contribution in [0.2, 0.25) is 0 Å². The third-order valence-corrected chi connectivity index (χ3v) is 4.39. The molecule has 1 amide bonds. The maximum Gasteiger partial charge on any atom is 0.339 e. The summed E-state index contributed by atoms with van der Waals surface area (Å²) in [6.07, 6.45) is 0. The zero-order chi connectivity index (χ0) is 18.5. The molecule has 0 heterocycles. The van der Waals surface area contributed by atoms with E-state index in [1.54, 1.807) is 48.5 Å². The van der Waals surface area contributed by atoms with Crippen molar-refractivity contribution in [3.63, 3.8) is 0 Å². The summed E-state index contributed by atoms with van der Waals surface area (Å²) in [7, 11) is 1.32. The van der Waals surface area contributed by atoms with Crippen LogP contribution in [-0.2, 0) is 4.74 Å². The maximum atomic E-state index is 13.3. The third kappa shape index (κ3) is 3.68. The maximum absolute atomic E-state index is 13.3. The van der Waals surface area contributed by atoms with Crippen molar-refractivity contribution in [2.24, 2.45) is 0 Å². The molecule has 0 aliphatic heterocycles. The molecule has 0 fully saturated rings. The van der Waals surface area contributed by atoms with E-state index in [2.05, 4.69) is 15.9 Å². The monoisotopic (exact) mass is 409 g/mol. The molecule has 130 valence electrons. The normalized spacial score (nSPS) is 10.2. The number of ether oxygens (including phenoxy) is 1. The fourth-order valence-electron chi connectivity index (χ4n) is 2.62. The lowest BCUT2D eigenvalue weighted by Gasteiger charge is -2.25. The van der Waals surface area contributed by atoms with Gasteiger partial charge in [-0.25, -0.2) is 4.79 Å². The van der Waals surface area contributed by atoms with Gasteiger partial charge < -0.3 is 4.74 Å². The fraction of sp³-hybridized carbons (Fsp3) is 0.0476. The van der Waals surface area contributed by atoms with Crippen molar-refractivity contribution >= 4 is 39.2 Å². The van der Waals surface area contributed by atoms with Gasteiger partial charge in [0.05, 0.1) is 18.4 Å². The van der Waals surface area contributed by atoms with Crippen LogP contribution >= 0.6 is 15.9 Å². The number of carbonyl (C=O) groups is 2. The molecule has 3 rings (SSSR count). The van der Waals surface area contributed by atoms with Crippen LogP contribution in [0.5, 0.6) is 0 Å². The van der Waals surface area contributed by atoms with E-state index in [9.17, 15) is 9.59 Å². The molecular weight excluding hydrogens is 394 g/mol. The predicted octanol–water partition coefficient (Wildman–Crippen LogP) is 5.21. The average molecular weight is 410 g/mol. The van der Waals surface area contributed by atoms with E-state index < -0.39 is 5.97 Å². The molecular formula is C21H16BrNO3. The van der Waals surface area contributed by atoms with Gasteiger partial charge in [0.2, 0.25) is 0 Å². The second kappa shape index (κ2) is 7.97. The Morgan fingerprint density at radius 3 is 2.12 bits per heavy atom. The van der Waals surface area contributed by atoms with E-state index in [1.165, 1.54) is 12.0 Å². The molecule has 0 saturated heterocycles. The zero-order valence-electron chi connectivity index (χ0n) is 14.1. The Hall–Kier alpha value is -2.92. The SMILES string of the molecule is COC(=O)c1ccccc1N(C(=O)c1ccccc1)c1ccc(Br)cc1. The topological polar surface area (TPSA) is 46.6 Å². The first kappa shape index (κ1) is 17.9. The summed E-state index contributed by atoms with van der Waals surface area (Å²) in [5.41, 5.74) is 1.96. The minimum Gasteiger partial charge on any atom is -0.465 e. The highest BCUT2D eigenvalue weighted by Crippen LogP contribution is 2.31. The molecule has 3 aromatic rings. The number of benzene rings is 3. The number of halogens is 1. The lowest BCUT2D eigenvalue weighted by Crippen LogP contribution is -2.27. The van der Waals surface area contributed by atoms with Crippen LogP contribution in [0, 0.1) is 0 Å². The standard InChI is InChI=1S/C21H16BrNO3/c1-26-21(25)18-9-5-6-10-19(18)23(17-13-11-16(22)12-14-17)20(24)15-7-3-2-4-8-15/h2-14H,1H3. The van der Waals surface area contributed by atoms with E-state index >= 15 is 0 Å². The minimum absolute atomic E-state index is 0.232. The number of nitrogens with zero attached hydrogens (tertiary/aromatic N) is 1. The van der Waals surface area contributed by atoms with Crippen LogP contribution in [0.1, 0.15) is 20.7 Å². The molecule has 0 aliphatic rings. The Morgan fingerprint density at radius 2 is 1.46 bits per heavy atom. The number of methoxy groups -OCH3 is 1. The average Bonchev–Trinajstić information content (AvgIpc) is 2.70. The van der Waals surface area contributed by atoms with Crippen LogP contribution in [-0.4, -0.2) is 19.0 Å². The van der Waals surface area contributed by atoms with Crippen LogP contribution in [0.3, 0.4) is 0 Å². The van der Waals surface area contributed by atoms with Gasteiger partial charge in [-0.1, -0.05) is 46.3 Å². The summed E-state index contributed by atoms with van der Waals surface area (Å²) < 4.78 is 5.78. The Morgan fingerprint density at radius 1 is 0.846 bits per heavy atom. The van der Waals surface area contributed by atoms with Gasteiger partial charge in [0, 0.05) is 15.7 Å². The predicted molar refractivity (Wildman–Crippen MR) is 105 cm³/mol. The molecule has 0 bridgehead atoms. The van der Waals surface area contributed by atoms with E-state index in [4.69, 9.17) is 4.74 Å². The second-order valence-corrected chi connectivity index (χ2v) is 6.41. The molecule has 0 aromatic heterocycles. The van der Waals surface area contributed by atoms with Crippen molar-refractivity contribution in [1.82, 2.24) is 0 Å². The summed E-state index contributed by atoms with van der Waals surface area (Å²) in [5.74, 6) is -0.729. The molecule has 4 nitrogen and oxygen atoms in total. The molecule has 0 saturated carbocycles. The van der Waals surface area contributed by atoms with E-state index in [0.717, 1.165) is 4.47 Å². The smallest absolute Gasteiger partial charge is 0.339 e.